The van der Waals surface area contributed by atoms with Crippen molar-refractivity contribution in [1.29, 1.82) is 0 Å². The Morgan fingerprint density at radius 2 is 2.11 bits per heavy atom. The average molecular weight is 277 g/mol. The Kier molecular flexibility index (Phi) is 6.63. The van der Waals surface area contributed by atoms with Crippen molar-refractivity contribution in [3.63, 3.8) is 0 Å². The Balaban J connectivity index is 2.04. The molecule has 106 valence electrons. The summed E-state index contributed by atoms with van der Waals surface area (Å²) in [7, 11) is -2.89. The van der Waals surface area contributed by atoms with E-state index < -0.39 is 9.84 Å². The molecular formula is C12H23NO4S. The van der Waals surface area contributed by atoms with Gasteiger partial charge in [0.05, 0.1) is 24.7 Å². The molecular weight excluding hydrogens is 254 g/mol. The van der Waals surface area contributed by atoms with E-state index in [0.29, 0.717) is 13.0 Å². The lowest BCUT2D eigenvalue weighted by Gasteiger charge is -2.10. The Morgan fingerprint density at radius 3 is 2.72 bits per heavy atom. The maximum atomic E-state index is 11.4. The molecule has 1 heterocycles. The molecule has 6 heteroatoms. The monoisotopic (exact) mass is 277 g/mol. The number of ether oxygens (including phenoxy) is 1. The summed E-state index contributed by atoms with van der Waals surface area (Å²) in [5.74, 6) is 0.0591. The van der Waals surface area contributed by atoms with Gasteiger partial charge in [-0.05, 0) is 12.8 Å². The fraction of sp³-hybridized carbons (Fsp3) is 0.917. The van der Waals surface area contributed by atoms with Gasteiger partial charge in [0.25, 0.3) is 0 Å². The first-order valence-electron chi connectivity index (χ1n) is 6.63. The number of carbonyl (C=O) groups excluding carboxylic acids is 1. The third-order valence-electron chi connectivity index (χ3n) is 3.03. The minimum absolute atomic E-state index is 0.0948. The zero-order chi connectivity index (χ0) is 13.4. The first kappa shape index (κ1) is 15.4. The van der Waals surface area contributed by atoms with Crippen molar-refractivity contribution >= 4 is 15.8 Å². The zero-order valence-electron chi connectivity index (χ0n) is 11.0. The molecule has 1 fully saturated rings. The van der Waals surface area contributed by atoms with Crippen LogP contribution in [-0.2, 0) is 19.4 Å². The van der Waals surface area contributed by atoms with Crippen LogP contribution in [0.3, 0.4) is 0 Å². The van der Waals surface area contributed by atoms with E-state index in [1.807, 2.05) is 0 Å². The quantitative estimate of drug-likeness (QED) is 0.527. The lowest BCUT2D eigenvalue weighted by atomic mass is 10.2. The lowest BCUT2D eigenvalue weighted by Crippen LogP contribution is -2.35. The molecule has 5 nitrogen and oxygen atoms in total. The molecule has 0 aliphatic carbocycles. The number of hydrogen-bond acceptors (Lipinski definition) is 5. The summed E-state index contributed by atoms with van der Waals surface area (Å²) >= 11 is 0. The van der Waals surface area contributed by atoms with Crippen LogP contribution in [0.25, 0.3) is 0 Å². The van der Waals surface area contributed by atoms with E-state index in [4.69, 9.17) is 4.74 Å². The second-order valence-electron chi connectivity index (χ2n) is 4.76. The molecule has 0 aromatic carbocycles. The summed E-state index contributed by atoms with van der Waals surface area (Å²) in [6.07, 6.45) is 4.89. The van der Waals surface area contributed by atoms with Crippen LogP contribution in [-0.4, -0.2) is 45.1 Å². The van der Waals surface area contributed by atoms with Crippen LogP contribution >= 0.6 is 0 Å². The Bertz CT molecular complexity index is 353. The number of nitrogens with one attached hydrogen (secondary N) is 1. The normalized spacial score (nSPS) is 21.9. The van der Waals surface area contributed by atoms with Crippen LogP contribution in [0.5, 0.6) is 0 Å². The number of sulfone groups is 1. The summed E-state index contributed by atoms with van der Waals surface area (Å²) in [6.45, 7) is 2.70. The molecule has 1 N–H and O–H groups in total. The highest BCUT2D eigenvalue weighted by atomic mass is 32.2. The van der Waals surface area contributed by atoms with Crippen molar-refractivity contribution in [3.8, 4) is 0 Å². The molecule has 0 bridgehead atoms. The van der Waals surface area contributed by atoms with Crippen molar-refractivity contribution in [2.24, 2.45) is 0 Å². The molecule has 1 atom stereocenters. The number of esters is 1. The van der Waals surface area contributed by atoms with Gasteiger partial charge in [0.1, 0.15) is 0 Å². The van der Waals surface area contributed by atoms with Gasteiger partial charge in [0.15, 0.2) is 9.84 Å². The Morgan fingerprint density at radius 1 is 1.33 bits per heavy atom. The van der Waals surface area contributed by atoms with Crippen LogP contribution in [0, 0.1) is 0 Å². The second kappa shape index (κ2) is 7.74. The summed E-state index contributed by atoms with van der Waals surface area (Å²) in [5.41, 5.74) is 0. The standard InChI is InChI=1S/C12H23NO4S/c1-2-3-4-5-7-17-12(14)9-13-11-6-8-18(15,16)10-11/h11,13H,2-10H2,1H3. The minimum Gasteiger partial charge on any atom is -0.465 e. The molecule has 1 aliphatic rings. The van der Waals surface area contributed by atoms with Crippen molar-refractivity contribution in [2.45, 2.75) is 45.1 Å². The van der Waals surface area contributed by atoms with Crippen LogP contribution in [0.2, 0.25) is 0 Å². The summed E-state index contributed by atoms with van der Waals surface area (Å²) in [6, 6.07) is -0.0948. The van der Waals surface area contributed by atoms with E-state index in [-0.39, 0.29) is 30.1 Å². The fourth-order valence-electron chi connectivity index (χ4n) is 1.95. The molecule has 1 rings (SSSR count). The molecule has 18 heavy (non-hydrogen) atoms. The van der Waals surface area contributed by atoms with Crippen LogP contribution in [0.4, 0.5) is 0 Å². The molecule has 1 saturated heterocycles. The molecule has 0 aromatic rings. The van der Waals surface area contributed by atoms with Gasteiger partial charge in [0, 0.05) is 6.04 Å². The van der Waals surface area contributed by atoms with E-state index in [2.05, 4.69) is 12.2 Å². The largest absolute Gasteiger partial charge is 0.465 e. The maximum Gasteiger partial charge on any atom is 0.319 e. The van der Waals surface area contributed by atoms with Gasteiger partial charge in [-0.15, -0.1) is 0 Å². The highest BCUT2D eigenvalue weighted by Gasteiger charge is 2.27. The van der Waals surface area contributed by atoms with Crippen LogP contribution in [0.1, 0.15) is 39.0 Å². The van der Waals surface area contributed by atoms with Crippen molar-refractivity contribution in [1.82, 2.24) is 5.32 Å². The molecule has 1 unspecified atom stereocenters. The summed E-state index contributed by atoms with van der Waals surface area (Å²) in [5, 5.41) is 2.94. The Hall–Kier alpha value is -0.620. The molecule has 0 saturated carbocycles. The summed E-state index contributed by atoms with van der Waals surface area (Å²) in [4.78, 5) is 11.4. The van der Waals surface area contributed by atoms with E-state index in [1.54, 1.807) is 0 Å². The minimum atomic E-state index is -2.89. The fourth-order valence-corrected chi connectivity index (χ4v) is 3.66. The van der Waals surface area contributed by atoms with E-state index >= 15 is 0 Å². The third-order valence-corrected chi connectivity index (χ3v) is 4.80. The Labute approximate surface area is 109 Å². The van der Waals surface area contributed by atoms with Gasteiger partial charge in [-0.25, -0.2) is 8.42 Å². The smallest absolute Gasteiger partial charge is 0.319 e. The lowest BCUT2D eigenvalue weighted by molar-refractivity contribution is -0.142. The van der Waals surface area contributed by atoms with Gasteiger partial charge in [-0.1, -0.05) is 26.2 Å². The van der Waals surface area contributed by atoms with E-state index in [0.717, 1.165) is 25.7 Å². The van der Waals surface area contributed by atoms with Gasteiger partial charge < -0.3 is 10.1 Å². The molecule has 0 aromatic heterocycles. The van der Waals surface area contributed by atoms with Crippen LogP contribution < -0.4 is 5.32 Å². The van der Waals surface area contributed by atoms with E-state index in [1.165, 1.54) is 0 Å². The number of rotatable bonds is 8. The van der Waals surface area contributed by atoms with Gasteiger partial charge in [0.2, 0.25) is 0 Å². The molecule has 0 spiro atoms. The number of carbonyl (C=O) groups is 1. The van der Waals surface area contributed by atoms with Gasteiger partial charge in [-0.3, -0.25) is 4.79 Å². The highest BCUT2D eigenvalue weighted by molar-refractivity contribution is 7.91. The van der Waals surface area contributed by atoms with Crippen molar-refractivity contribution < 1.29 is 17.9 Å². The third kappa shape index (κ3) is 6.35. The van der Waals surface area contributed by atoms with Gasteiger partial charge in [-0.2, -0.15) is 0 Å². The predicted molar refractivity (Wildman–Crippen MR) is 70.2 cm³/mol. The molecule has 0 amide bonds. The first-order valence-corrected chi connectivity index (χ1v) is 8.45. The number of unbranched alkanes of at least 4 members (excludes halogenated alkanes) is 3. The maximum absolute atomic E-state index is 11.4. The molecule has 1 aliphatic heterocycles. The van der Waals surface area contributed by atoms with Crippen molar-refractivity contribution in [2.75, 3.05) is 24.7 Å². The molecule has 0 radical (unpaired) electrons. The highest BCUT2D eigenvalue weighted by Crippen LogP contribution is 2.10. The second-order valence-corrected chi connectivity index (χ2v) is 6.99. The van der Waals surface area contributed by atoms with Crippen molar-refractivity contribution in [3.05, 3.63) is 0 Å². The predicted octanol–water partition coefficient (Wildman–Crippen LogP) is 0.887. The van der Waals surface area contributed by atoms with E-state index in [9.17, 15) is 13.2 Å². The SMILES string of the molecule is CCCCCCOC(=O)CNC1CCS(=O)(=O)C1. The summed E-state index contributed by atoms with van der Waals surface area (Å²) < 4.78 is 27.5. The first-order chi connectivity index (χ1) is 8.53. The topological polar surface area (TPSA) is 72.5 Å². The zero-order valence-corrected chi connectivity index (χ0v) is 11.8. The average Bonchev–Trinajstić information content (AvgIpc) is 2.66. The van der Waals surface area contributed by atoms with Crippen LogP contribution in [0.15, 0.2) is 0 Å². The number of hydrogen-bond donors (Lipinski definition) is 1. The van der Waals surface area contributed by atoms with Gasteiger partial charge >= 0.3 is 5.97 Å².